The van der Waals surface area contributed by atoms with Crippen molar-refractivity contribution in [1.29, 1.82) is 0 Å². The normalized spacial score (nSPS) is 30.6. The van der Waals surface area contributed by atoms with Gasteiger partial charge in [0.25, 0.3) is 0 Å². The maximum Gasteiger partial charge on any atom is 0.233 e. The molecule has 5 heteroatoms. The van der Waals surface area contributed by atoms with Crippen LogP contribution in [0.5, 0.6) is 0 Å². The van der Waals surface area contributed by atoms with Crippen LogP contribution in [0.1, 0.15) is 27.2 Å². The van der Waals surface area contributed by atoms with Gasteiger partial charge in [0.2, 0.25) is 11.8 Å². The van der Waals surface area contributed by atoms with Crippen molar-refractivity contribution in [2.75, 3.05) is 19.6 Å². The molecule has 2 fully saturated rings. The van der Waals surface area contributed by atoms with E-state index in [4.69, 9.17) is 0 Å². The fraction of sp³-hybridized carbons (Fsp3) is 0.846. The molecule has 3 atom stereocenters. The smallest absolute Gasteiger partial charge is 0.233 e. The van der Waals surface area contributed by atoms with Gasteiger partial charge >= 0.3 is 0 Å². The number of piperidine rings is 1. The largest absolute Gasteiger partial charge is 0.390 e. The van der Waals surface area contributed by atoms with E-state index in [1.807, 2.05) is 20.8 Å². The highest BCUT2D eigenvalue weighted by atomic mass is 16.3. The second-order valence-electron chi connectivity index (χ2n) is 5.92. The Labute approximate surface area is 108 Å². The number of hydrogen-bond acceptors (Lipinski definition) is 4. The Morgan fingerprint density at radius 3 is 2.39 bits per heavy atom. The number of aliphatic hydroxyl groups excluding tert-OH is 1. The van der Waals surface area contributed by atoms with E-state index in [9.17, 15) is 14.7 Å². The van der Waals surface area contributed by atoms with Gasteiger partial charge in [-0.3, -0.25) is 14.5 Å². The van der Waals surface area contributed by atoms with Gasteiger partial charge in [-0.25, -0.2) is 0 Å². The number of carbonyl (C=O) groups is 2. The van der Waals surface area contributed by atoms with E-state index in [1.54, 1.807) is 0 Å². The molecule has 1 saturated carbocycles. The molecule has 2 rings (SSSR count). The fourth-order valence-electron chi connectivity index (χ4n) is 2.90. The van der Waals surface area contributed by atoms with Crippen molar-refractivity contribution in [2.24, 2.45) is 17.3 Å². The van der Waals surface area contributed by atoms with Gasteiger partial charge in [0.1, 0.15) is 0 Å². The molecule has 2 N–H and O–H groups in total. The summed E-state index contributed by atoms with van der Waals surface area (Å²) in [5.41, 5.74) is -0.171. The molecular formula is C13H22N2O3. The molecule has 0 spiro atoms. The summed E-state index contributed by atoms with van der Waals surface area (Å²) < 4.78 is 0. The number of aliphatic hydroxyl groups is 1. The van der Waals surface area contributed by atoms with Gasteiger partial charge in [0, 0.05) is 6.54 Å². The summed E-state index contributed by atoms with van der Waals surface area (Å²) in [6.07, 6.45) is 0.317. The summed E-state index contributed by atoms with van der Waals surface area (Å²) in [7, 11) is 0. The molecule has 1 aliphatic heterocycles. The average molecular weight is 254 g/mol. The summed E-state index contributed by atoms with van der Waals surface area (Å²) in [6.45, 7) is 7.32. The number of β-amino-alcohol motifs (C(OH)–C–C–N with tert-alkyl or cyclic N) is 1. The number of amides is 2. The minimum Gasteiger partial charge on any atom is -0.390 e. The van der Waals surface area contributed by atoms with Crippen molar-refractivity contribution in [1.82, 2.24) is 10.2 Å². The van der Waals surface area contributed by atoms with Gasteiger partial charge in [-0.15, -0.1) is 0 Å². The Bertz CT molecular complexity index is 343. The van der Waals surface area contributed by atoms with Crippen LogP contribution in [0, 0.1) is 17.3 Å². The van der Waals surface area contributed by atoms with Crippen molar-refractivity contribution in [3.05, 3.63) is 0 Å². The number of carbonyl (C=O) groups excluding carboxylic acids is 2. The Hall–Kier alpha value is -0.940. The van der Waals surface area contributed by atoms with Crippen LogP contribution in [0.4, 0.5) is 0 Å². The van der Waals surface area contributed by atoms with Crippen molar-refractivity contribution in [3.63, 3.8) is 0 Å². The topological polar surface area (TPSA) is 69.6 Å². The fourth-order valence-corrected chi connectivity index (χ4v) is 2.90. The third kappa shape index (κ3) is 2.06. The molecule has 0 radical (unpaired) electrons. The van der Waals surface area contributed by atoms with Gasteiger partial charge in [0.15, 0.2) is 0 Å². The Morgan fingerprint density at radius 1 is 1.33 bits per heavy atom. The minimum atomic E-state index is -0.676. The Balaban J connectivity index is 1.85. The van der Waals surface area contributed by atoms with Crippen LogP contribution in [-0.4, -0.2) is 47.6 Å². The monoisotopic (exact) mass is 254 g/mol. The molecule has 1 saturated heterocycles. The molecule has 1 heterocycles. The standard InChI is InChI=1S/C13H22N2O3/c1-4-5-14-6-8(16)7-15-11(17)9-10(12(15)18)13(9,2)3/h8-10,14,16H,4-7H2,1-3H3. The summed E-state index contributed by atoms with van der Waals surface area (Å²) in [4.78, 5) is 25.3. The molecule has 0 bridgehead atoms. The predicted molar refractivity (Wildman–Crippen MR) is 66.6 cm³/mol. The zero-order valence-electron chi connectivity index (χ0n) is 11.3. The number of nitrogens with zero attached hydrogens (tertiary/aromatic N) is 1. The van der Waals surface area contributed by atoms with Crippen LogP contribution >= 0.6 is 0 Å². The number of hydrogen-bond donors (Lipinski definition) is 2. The number of likely N-dealkylation sites (tertiary alicyclic amines) is 1. The lowest BCUT2D eigenvalue weighted by Crippen LogP contribution is -2.44. The van der Waals surface area contributed by atoms with Crippen LogP contribution in [-0.2, 0) is 9.59 Å². The lowest BCUT2D eigenvalue weighted by atomic mass is 10.1. The van der Waals surface area contributed by atoms with Gasteiger partial charge in [-0.05, 0) is 18.4 Å². The van der Waals surface area contributed by atoms with Crippen LogP contribution in [0.25, 0.3) is 0 Å². The second kappa shape index (κ2) is 4.63. The number of rotatable bonds is 6. The Kier molecular flexibility index (Phi) is 3.47. The minimum absolute atomic E-state index is 0.107. The van der Waals surface area contributed by atoms with E-state index in [-0.39, 0.29) is 35.6 Å². The summed E-state index contributed by atoms with van der Waals surface area (Å²) in [6, 6.07) is 0. The van der Waals surface area contributed by atoms with Gasteiger partial charge in [0.05, 0.1) is 24.5 Å². The second-order valence-corrected chi connectivity index (χ2v) is 5.92. The molecule has 2 aliphatic rings. The number of fused-ring (bicyclic) bond motifs is 1. The third-order valence-corrected chi connectivity index (χ3v) is 4.09. The lowest BCUT2D eigenvalue weighted by molar-refractivity contribution is -0.144. The van der Waals surface area contributed by atoms with Crippen LogP contribution < -0.4 is 5.32 Å². The van der Waals surface area contributed by atoms with Crippen LogP contribution in [0.15, 0.2) is 0 Å². The predicted octanol–water partition coefficient (Wildman–Crippen LogP) is -0.0121. The first kappa shape index (κ1) is 13.5. The van der Waals surface area contributed by atoms with E-state index in [1.165, 1.54) is 4.90 Å². The molecule has 0 aromatic heterocycles. The summed E-state index contributed by atoms with van der Waals surface area (Å²) >= 11 is 0. The molecule has 1 aliphatic carbocycles. The highest BCUT2D eigenvalue weighted by molar-refractivity contribution is 6.10. The van der Waals surface area contributed by atoms with E-state index < -0.39 is 6.10 Å². The summed E-state index contributed by atoms with van der Waals surface area (Å²) in [5.74, 6) is -0.518. The first-order chi connectivity index (χ1) is 8.41. The first-order valence-corrected chi connectivity index (χ1v) is 6.65. The first-order valence-electron chi connectivity index (χ1n) is 6.65. The van der Waals surface area contributed by atoms with E-state index in [0.29, 0.717) is 6.54 Å². The van der Waals surface area contributed by atoms with Gasteiger partial charge in [-0.1, -0.05) is 20.8 Å². The quantitative estimate of drug-likeness (QED) is 0.516. The SMILES string of the molecule is CCCNCC(O)CN1C(=O)C2C(C1=O)C2(C)C. The summed E-state index contributed by atoms with van der Waals surface area (Å²) in [5, 5.41) is 12.9. The van der Waals surface area contributed by atoms with Crippen molar-refractivity contribution < 1.29 is 14.7 Å². The molecule has 5 nitrogen and oxygen atoms in total. The van der Waals surface area contributed by atoms with E-state index in [2.05, 4.69) is 5.32 Å². The molecule has 0 aromatic carbocycles. The maximum absolute atomic E-state index is 12.0. The highest BCUT2D eigenvalue weighted by Crippen LogP contribution is 2.63. The molecule has 0 aromatic rings. The Morgan fingerprint density at radius 2 is 1.89 bits per heavy atom. The number of imide groups is 1. The lowest BCUT2D eigenvalue weighted by Gasteiger charge is -2.23. The van der Waals surface area contributed by atoms with Gasteiger partial charge in [-0.2, -0.15) is 0 Å². The van der Waals surface area contributed by atoms with Crippen molar-refractivity contribution >= 4 is 11.8 Å². The van der Waals surface area contributed by atoms with Crippen molar-refractivity contribution in [3.8, 4) is 0 Å². The van der Waals surface area contributed by atoms with Crippen molar-refractivity contribution in [2.45, 2.75) is 33.3 Å². The van der Waals surface area contributed by atoms with E-state index >= 15 is 0 Å². The highest BCUT2D eigenvalue weighted by Gasteiger charge is 2.72. The molecule has 2 amide bonds. The molecule has 18 heavy (non-hydrogen) atoms. The maximum atomic E-state index is 12.0. The van der Waals surface area contributed by atoms with Gasteiger partial charge < -0.3 is 10.4 Å². The molecular weight excluding hydrogens is 232 g/mol. The van der Waals surface area contributed by atoms with Crippen LogP contribution in [0.3, 0.4) is 0 Å². The zero-order chi connectivity index (χ0) is 13.5. The number of nitrogens with one attached hydrogen (secondary N) is 1. The average Bonchev–Trinajstić information content (AvgIpc) is 2.77. The van der Waals surface area contributed by atoms with Crippen LogP contribution in [0.2, 0.25) is 0 Å². The third-order valence-electron chi connectivity index (χ3n) is 4.09. The zero-order valence-corrected chi connectivity index (χ0v) is 11.3. The molecule has 3 unspecified atom stereocenters. The van der Waals surface area contributed by atoms with E-state index in [0.717, 1.165) is 13.0 Å². The molecule has 102 valence electrons.